The van der Waals surface area contributed by atoms with E-state index in [0.717, 1.165) is 35.5 Å². The molecule has 0 saturated heterocycles. The van der Waals surface area contributed by atoms with Crippen molar-refractivity contribution in [3.8, 4) is 0 Å². The Morgan fingerprint density at radius 2 is 2.00 bits per heavy atom. The van der Waals surface area contributed by atoms with Gasteiger partial charge in [0, 0.05) is 6.04 Å². The van der Waals surface area contributed by atoms with E-state index in [0.29, 0.717) is 6.04 Å². The molecule has 0 radical (unpaired) electrons. The number of aryl methyl sites for hydroxylation is 1. The molecule has 4 aliphatic rings. The maximum Gasteiger partial charge on any atom is 0.00787 e. The van der Waals surface area contributed by atoms with Crippen LogP contribution in [0.4, 0.5) is 0 Å². The van der Waals surface area contributed by atoms with Gasteiger partial charge in [0.25, 0.3) is 0 Å². The Hall–Kier alpha value is -0.820. The molecule has 1 nitrogen and oxygen atoms in total. The molecule has 0 aromatic heterocycles. The Bertz CT molecular complexity index is 551. The summed E-state index contributed by atoms with van der Waals surface area (Å²) in [7, 11) is 0. The van der Waals surface area contributed by atoms with Crippen molar-refractivity contribution >= 4 is 0 Å². The summed E-state index contributed by atoms with van der Waals surface area (Å²) in [4.78, 5) is 0. The molecule has 7 atom stereocenters. The molecule has 2 N–H and O–H groups in total. The summed E-state index contributed by atoms with van der Waals surface area (Å²) in [6.45, 7) is 0. The second-order valence-electron chi connectivity index (χ2n) is 8.34. The Morgan fingerprint density at radius 3 is 2.81 bits per heavy atom. The minimum absolute atomic E-state index is 0.468. The first-order chi connectivity index (χ1) is 10.3. The van der Waals surface area contributed by atoms with Crippen LogP contribution in [0.1, 0.15) is 55.6 Å². The molecule has 7 unspecified atom stereocenters. The molecule has 1 aromatic carbocycles. The molecule has 0 spiro atoms. The second kappa shape index (κ2) is 4.59. The normalized spacial score (nSPS) is 44.2. The lowest BCUT2D eigenvalue weighted by Crippen LogP contribution is -2.29. The van der Waals surface area contributed by atoms with E-state index in [1.165, 1.54) is 44.9 Å². The maximum absolute atomic E-state index is 6.71. The summed E-state index contributed by atoms with van der Waals surface area (Å²) >= 11 is 0. The van der Waals surface area contributed by atoms with Crippen molar-refractivity contribution in [2.75, 3.05) is 0 Å². The van der Waals surface area contributed by atoms with Gasteiger partial charge < -0.3 is 5.73 Å². The zero-order valence-electron chi connectivity index (χ0n) is 12.9. The second-order valence-corrected chi connectivity index (χ2v) is 8.34. The van der Waals surface area contributed by atoms with Crippen LogP contribution in [-0.2, 0) is 6.42 Å². The van der Waals surface area contributed by atoms with E-state index in [1.54, 1.807) is 11.1 Å². The van der Waals surface area contributed by atoms with Gasteiger partial charge in [0.15, 0.2) is 0 Å². The molecular formula is C20H27N. The number of hydrogen-bond acceptors (Lipinski definition) is 1. The van der Waals surface area contributed by atoms with E-state index in [2.05, 4.69) is 24.3 Å². The topological polar surface area (TPSA) is 26.0 Å². The largest absolute Gasteiger partial charge is 0.327 e. The average Bonchev–Trinajstić information content (AvgIpc) is 2.90. The molecule has 0 aliphatic heterocycles. The van der Waals surface area contributed by atoms with Crippen LogP contribution in [-0.4, -0.2) is 6.04 Å². The Balaban J connectivity index is 1.30. The average molecular weight is 281 g/mol. The molecule has 0 heterocycles. The number of rotatable bonds is 3. The molecular weight excluding hydrogens is 254 g/mol. The highest BCUT2D eigenvalue weighted by Crippen LogP contribution is 2.62. The fourth-order valence-corrected chi connectivity index (χ4v) is 6.38. The van der Waals surface area contributed by atoms with Crippen LogP contribution in [0, 0.1) is 29.6 Å². The van der Waals surface area contributed by atoms with Crippen LogP contribution in [0.2, 0.25) is 0 Å². The number of benzene rings is 1. The lowest BCUT2D eigenvalue weighted by molar-refractivity contribution is 0.282. The van der Waals surface area contributed by atoms with Crippen LogP contribution in [0.3, 0.4) is 0 Å². The lowest BCUT2D eigenvalue weighted by Gasteiger charge is -2.25. The van der Waals surface area contributed by atoms with E-state index in [-0.39, 0.29) is 0 Å². The van der Waals surface area contributed by atoms with Gasteiger partial charge in [-0.1, -0.05) is 30.7 Å². The molecule has 0 amide bonds. The minimum Gasteiger partial charge on any atom is -0.327 e. The van der Waals surface area contributed by atoms with Gasteiger partial charge in [-0.25, -0.2) is 0 Å². The van der Waals surface area contributed by atoms with Gasteiger partial charge in [-0.15, -0.1) is 0 Å². The Morgan fingerprint density at radius 1 is 1.10 bits per heavy atom. The van der Waals surface area contributed by atoms with Crippen LogP contribution < -0.4 is 5.73 Å². The molecule has 1 heteroatoms. The third kappa shape index (κ3) is 1.93. The van der Waals surface area contributed by atoms with Crippen LogP contribution in [0.25, 0.3) is 0 Å². The Kier molecular flexibility index (Phi) is 2.77. The molecule has 112 valence electrons. The summed E-state index contributed by atoms with van der Waals surface area (Å²) in [5.41, 5.74) is 9.95. The highest BCUT2D eigenvalue weighted by molar-refractivity contribution is 5.40. The third-order valence-electron chi connectivity index (χ3n) is 7.34. The van der Waals surface area contributed by atoms with Crippen molar-refractivity contribution in [3.63, 3.8) is 0 Å². The third-order valence-corrected chi connectivity index (χ3v) is 7.34. The van der Waals surface area contributed by atoms with E-state index in [9.17, 15) is 0 Å². The smallest absolute Gasteiger partial charge is 0.00787 e. The molecule has 2 bridgehead atoms. The monoisotopic (exact) mass is 281 g/mol. The van der Waals surface area contributed by atoms with Crippen molar-refractivity contribution in [3.05, 3.63) is 35.4 Å². The standard InChI is InChI=1S/C20H27N/c21-18(11-15-10-12-5-6-14(15)9-12)20-17-8-7-13-3-1-2-4-16(13)19(17)20/h1-4,12,14-15,17-20H,5-11,21H2. The molecule has 3 saturated carbocycles. The van der Waals surface area contributed by atoms with Gasteiger partial charge in [0.2, 0.25) is 0 Å². The lowest BCUT2D eigenvalue weighted by atomic mass is 9.83. The summed E-state index contributed by atoms with van der Waals surface area (Å²) in [6.07, 6.45) is 10.0. The van der Waals surface area contributed by atoms with Crippen molar-refractivity contribution in [2.45, 2.75) is 56.9 Å². The molecule has 4 aliphatic carbocycles. The van der Waals surface area contributed by atoms with Crippen molar-refractivity contribution in [1.82, 2.24) is 0 Å². The van der Waals surface area contributed by atoms with Gasteiger partial charge in [0.05, 0.1) is 0 Å². The minimum atomic E-state index is 0.468. The molecule has 5 rings (SSSR count). The highest BCUT2D eigenvalue weighted by Gasteiger charge is 2.56. The first kappa shape index (κ1) is 12.7. The molecule has 3 fully saturated rings. The maximum atomic E-state index is 6.71. The fraction of sp³-hybridized carbons (Fsp3) is 0.700. The molecule has 1 aromatic rings. The van der Waals surface area contributed by atoms with Crippen molar-refractivity contribution in [2.24, 2.45) is 35.3 Å². The quantitative estimate of drug-likeness (QED) is 0.886. The van der Waals surface area contributed by atoms with Crippen LogP contribution >= 0.6 is 0 Å². The van der Waals surface area contributed by atoms with Crippen molar-refractivity contribution in [1.29, 1.82) is 0 Å². The molecule has 21 heavy (non-hydrogen) atoms. The zero-order valence-corrected chi connectivity index (χ0v) is 12.9. The van der Waals surface area contributed by atoms with Gasteiger partial charge >= 0.3 is 0 Å². The van der Waals surface area contributed by atoms with Gasteiger partial charge in [-0.05, 0) is 85.2 Å². The van der Waals surface area contributed by atoms with E-state index in [4.69, 9.17) is 5.73 Å². The van der Waals surface area contributed by atoms with Gasteiger partial charge in [-0.2, -0.15) is 0 Å². The van der Waals surface area contributed by atoms with E-state index in [1.807, 2.05) is 0 Å². The zero-order chi connectivity index (χ0) is 14.0. The summed E-state index contributed by atoms with van der Waals surface area (Å²) in [6, 6.07) is 9.60. The van der Waals surface area contributed by atoms with E-state index >= 15 is 0 Å². The first-order valence-electron chi connectivity index (χ1n) is 9.14. The van der Waals surface area contributed by atoms with Crippen LogP contribution in [0.15, 0.2) is 24.3 Å². The van der Waals surface area contributed by atoms with E-state index < -0.39 is 0 Å². The fourth-order valence-electron chi connectivity index (χ4n) is 6.38. The number of nitrogens with two attached hydrogens (primary N) is 1. The predicted molar refractivity (Wildman–Crippen MR) is 86.0 cm³/mol. The Labute approximate surface area is 128 Å². The van der Waals surface area contributed by atoms with Gasteiger partial charge in [0.1, 0.15) is 0 Å². The van der Waals surface area contributed by atoms with Crippen LogP contribution in [0.5, 0.6) is 0 Å². The number of hydrogen-bond donors (Lipinski definition) is 1. The highest BCUT2D eigenvalue weighted by atomic mass is 14.7. The van der Waals surface area contributed by atoms with Crippen molar-refractivity contribution < 1.29 is 0 Å². The first-order valence-corrected chi connectivity index (χ1v) is 9.14. The SMILES string of the molecule is NC(CC1CC2CCC1C2)C1C2CCc3ccccc3C21. The predicted octanol–water partition coefficient (Wildman–Crippen LogP) is 4.12. The summed E-state index contributed by atoms with van der Waals surface area (Å²) in [5.74, 6) is 5.59. The van der Waals surface area contributed by atoms with Gasteiger partial charge in [-0.3, -0.25) is 0 Å². The summed E-state index contributed by atoms with van der Waals surface area (Å²) < 4.78 is 0. The summed E-state index contributed by atoms with van der Waals surface area (Å²) in [5, 5.41) is 0. The number of fused-ring (bicyclic) bond motifs is 5.